The fraction of sp³-hybridized carbons (Fsp3) is 0.182. The topological polar surface area (TPSA) is 93.6 Å². The highest BCUT2D eigenvalue weighted by atomic mass is 79.9. The molecule has 5 nitrogen and oxygen atoms in total. The van der Waals surface area contributed by atoms with E-state index in [-0.39, 0.29) is 0 Å². The lowest BCUT2D eigenvalue weighted by molar-refractivity contribution is -0.153. The van der Waals surface area contributed by atoms with Crippen molar-refractivity contribution in [2.45, 2.75) is 12.2 Å². The predicted molar refractivity (Wildman–Crippen MR) is 64.6 cm³/mol. The molecule has 2 aromatic rings. The summed E-state index contributed by atoms with van der Waals surface area (Å²) < 4.78 is 0.808. The van der Waals surface area contributed by atoms with Crippen LogP contribution in [-0.2, 0) is 4.79 Å². The van der Waals surface area contributed by atoms with Crippen molar-refractivity contribution in [3.8, 4) is 0 Å². The molecule has 0 amide bonds. The molecule has 0 aliphatic carbocycles. The zero-order valence-corrected chi connectivity index (χ0v) is 10.2. The van der Waals surface area contributed by atoms with Crippen molar-refractivity contribution < 1.29 is 20.1 Å². The molecule has 17 heavy (non-hydrogen) atoms. The third kappa shape index (κ3) is 2.19. The van der Waals surface area contributed by atoms with Crippen molar-refractivity contribution in [1.82, 2.24) is 4.98 Å². The first kappa shape index (κ1) is 12.1. The predicted octanol–water partition coefficient (Wildman–Crippen LogP) is 1.41. The summed E-state index contributed by atoms with van der Waals surface area (Å²) >= 11 is 3.29. The SMILES string of the molecule is O=C(O)C(O)C(O)c1c[nH]c2ccc(Br)cc12. The van der Waals surface area contributed by atoms with Gasteiger partial charge in [-0.05, 0) is 18.2 Å². The Morgan fingerprint density at radius 2 is 2.06 bits per heavy atom. The molecule has 1 aromatic heterocycles. The first-order chi connectivity index (χ1) is 8.00. The van der Waals surface area contributed by atoms with Gasteiger partial charge in [-0.1, -0.05) is 15.9 Å². The number of H-pyrrole nitrogens is 1. The zero-order valence-electron chi connectivity index (χ0n) is 8.59. The molecule has 2 unspecified atom stereocenters. The Labute approximate surface area is 105 Å². The number of carbonyl (C=O) groups is 1. The van der Waals surface area contributed by atoms with Crippen LogP contribution in [0.4, 0.5) is 0 Å². The number of halogens is 1. The molecule has 2 rings (SSSR count). The van der Waals surface area contributed by atoms with Gasteiger partial charge in [0.05, 0.1) is 0 Å². The van der Waals surface area contributed by atoms with Crippen LogP contribution in [0.3, 0.4) is 0 Å². The molecule has 0 saturated heterocycles. The molecule has 1 aromatic carbocycles. The van der Waals surface area contributed by atoms with Crippen LogP contribution in [0.25, 0.3) is 10.9 Å². The molecular formula is C11H10BrNO4. The monoisotopic (exact) mass is 299 g/mol. The molecule has 6 heteroatoms. The Morgan fingerprint density at radius 1 is 1.35 bits per heavy atom. The summed E-state index contributed by atoms with van der Waals surface area (Å²) in [6.45, 7) is 0. The maximum atomic E-state index is 10.6. The minimum Gasteiger partial charge on any atom is -0.479 e. The van der Waals surface area contributed by atoms with E-state index in [0.717, 1.165) is 9.99 Å². The number of hydrogen-bond acceptors (Lipinski definition) is 3. The van der Waals surface area contributed by atoms with Gasteiger partial charge in [0.1, 0.15) is 6.10 Å². The van der Waals surface area contributed by atoms with Gasteiger partial charge in [-0.15, -0.1) is 0 Å². The van der Waals surface area contributed by atoms with Gasteiger partial charge in [-0.2, -0.15) is 0 Å². The van der Waals surface area contributed by atoms with Gasteiger partial charge in [-0.3, -0.25) is 0 Å². The maximum Gasteiger partial charge on any atom is 0.335 e. The van der Waals surface area contributed by atoms with Crippen LogP contribution >= 0.6 is 15.9 Å². The molecule has 0 fully saturated rings. The van der Waals surface area contributed by atoms with Crippen molar-refractivity contribution in [3.63, 3.8) is 0 Å². The highest BCUT2D eigenvalue weighted by molar-refractivity contribution is 9.10. The summed E-state index contributed by atoms with van der Waals surface area (Å²) in [7, 11) is 0. The fourth-order valence-corrected chi connectivity index (χ4v) is 2.03. The van der Waals surface area contributed by atoms with Gasteiger partial charge in [0.15, 0.2) is 6.10 Å². The van der Waals surface area contributed by atoms with E-state index in [1.165, 1.54) is 6.20 Å². The third-order valence-electron chi connectivity index (χ3n) is 2.55. The Balaban J connectivity index is 2.48. The number of fused-ring (bicyclic) bond motifs is 1. The van der Waals surface area contributed by atoms with Crippen LogP contribution in [0.5, 0.6) is 0 Å². The standard InChI is InChI=1S/C11H10BrNO4/c12-5-1-2-8-6(3-5)7(4-13-8)9(14)10(15)11(16)17/h1-4,9-10,13-15H,(H,16,17). The number of aliphatic carboxylic acids is 1. The van der Waals surface area contributed by atoms with Gasteiger partial charge in [0.25, 0.3) is 0 Å². The number of aliphatic hydroxyl groups excluding tert-OH is 2. The largest absolute Gasteiger partial charge is 0.479 e. The lowest BCUT2D eigenvalue weighted by Gasteiger charge is -2.13. The highest BCUT2D eigenvalue weighted by Gasteiger charge is 2.27. The lowest BCUT2D eigenvalue weighted by atomic mass is 10.0. The Morgan fingerprint density at radius 3 is 2.71 bits per heavy atom. The second kappa shape index (κ2) is 4.48. The minimum absolute atomic E-state index is 0.358. The van der Waals surface area contributed by atoms with E-state index in [1.807, 2.05) is 6.07 Å². The van der Waals surface area contributed by atoms with Gasteiger partial charge < -0.3 is 20.3 Å². The molecule has 2 atom stereocenters. The smallest absolute Gasteiger partial charge is 0.335 e. The fourth-order valence-electron chi connectivity index (χ4n) is 1.66. The van der Waals surface area contributed by atoms with Gasteiger partial charge in [0, 0.05) is 27.1 Å². The number of rotatable bonds is 3. The lowest BCUT2D eigenvalue weighted by Crippen LogP contribution is -2.27. The number of nitrogens with one attached hydrogen (secondary N) is 1. The third-order valence-corrected chi connectivity index (χ3v) is 3.04. The zero-order chi connectivity index (χ0) is 12.6. The van der Waals surface area contributed by atoms with E-state index in [1.54, 1.807) is 12.1 Å². The summed E-state index contributed by atoms with van der Waals surface area (Å²) in [5.74, 6) is -1.46. The average Bonchev–Trinajstić information content (AvgIpc) is 2.69. The van der Waals surface area contributed by atoms with Gasteiger partial charge in [0.2, 0.25) is 0 Å². The van der Waals surface area contributed by atoms with Crippen molar-refractivity contribution in [2.24, 2.45) is 0 Å². The minimum atomic E-state index is -1.84. The highest BCUT2D eigenvalue weighted by Crippen LogP contribution is 2.28. The van der Waals surface area contributed by atoms with Crippen molar-refractivity contribution >= 4 is 32.8 Å². The molecule has 0 aliphatic heterocycles. The molecular weight excluding hydrogens is 290 g/mol. The number of carboxylic acids is 1. The summed E-state index contributed by atoms with van der Waals surface area (Å²) in [5.41, 5.74) is 1.12. The second-order valence-electron chi connectivity index (χ2n) is 3.66. The van der Waals surface area contributed by atoms with Gasteiger partial charge >= 0.3 is 5.97 Å². The normalized spacial score (nSPS) is 14.8. The van der Waals surface area contributed by atoms with Crippen LogP contribution in [-0.4, -0.2) is 32.4 Å². The second-order valence-corrected chi connectivity index (χ2v) is 4.58. The molecule has 0 radical (unpaired) electrons. The number of benzene rings is 1. The van der Waals surface area contributed by atoms with Crippen LogP contribution in [0.15, 0.2) is 28.9 Å². The van der Waals surface area contributed by atoms with Crippen LogP contribution in [0.1, 0.15) is 11.7 Å². The first-order valence-corrected chi connectivity index (χ1v) is 5.65. The number of aromatic amines is 1. The van der Waals surface area contributed by atoms with E-state index < -0.39 is 18.2 Å². The van der Waals surface area contributed by atoms with E-state index in [4.69, 9.17) is 5.11 Å². The number of aromatic nitrogens is 1. The molecule has 0 spiro atoms. The molecule has 90 valence electrons. The van der Waals surface area contributed by atoms with Crippen molar-refractivity contribution in [3.05, 3.63) is 34.4 Å². The molecule has 0 bridgehead atoms. The van der Waals surface area contributed by atoms with Gasteiger partial charge in [-0.25, -0.2) is 4.79 Å². The Bertz CT molecular complexity index is 566. The van der Waals surface area contributed by atoms with E-state index in [2.05, 4.69) is 20.9 Å². The average molecular weight is 300 g/mol. The van der Waals surface area contributed by atoms with E-state index in [9.17, 15) is 15.0 Å². The summed E-state index contributed by atoms with van der Waals surface area (Å²) in [6.07, 6.45) is -1.81. The summed E-state index contributed by atoms with van der Waals surface area (Å²) in [4.78, 5) is 13.5. The number of aliphatic hydroxyl groups is 2. The Hall–Kier alpha value is -1.37. The van der Waals surface area contributed by atoms with E-state index in [0.29, 0.717) is 10.9 Å². The van der Waals surface area contributed by atoms with Crippen molar-refractivity contribution in [1.29, 1.82) is 0 Å². The molecule has 0 aliphatic rings. The quantitative estimate of drug-likeness (QED) is 0.689. The molecule has 4 N–H and O–H groups in total. The van der Waals surface area contributed by atoms with Crippen molar-refractivity contribution in [2.75, 3.05) is 0 Å². The molecule has 1 heterocycles. The maximum absolute atomic E-state index is 10.6. The summed E-state index contributed by atoms with van der Waals surface area (Å²) in [6, 6.07) is 5.37. The van der Waals surface area contributed by atoms with Crippen LogP contribution in [0.2, 0.25) is 0 Å². The molecule has 0 saturated carbocycles. The number of hydrogen-bond donors (Lipinski definition) is 4. The van der Waals surface area contributed by atoms with Crippen LogP contribution < -0.4 is 0 Å². The first-order valence-electron chi connectivity index (χ1n) is 4.86. The van der Waals surface area contributed by atoms with E-state index >= 15 is 0 Å². The van der Waals surface area contributed by atoms with Crippen LogP contribution in [0, 0.1) is 0 Å². The number of carboxylic acid groups (broad SMARTS) is 1. The Kier molecular flexibility index (Phi) is 3.19. The summed E-state index contributed by atoms with van der Waals surface area (Å²) in [5, 5.41) is 28.4.